The number of allylic oxidation sites excluding steroid dienone is 1. The molecule has 32 heavy (non-hydrogen) atoms. The first-order valence-corrected chi connectivity index (χ1v) is 10.1. The highest BCUT2D eigenvalue weighted by Gasteiger charge is 2.32. The Morgan fingerprint density at radius 2 is 1.91 bits per heavy atom. The molecule has 1 unspecified atom stereocenters. The number of ether oxygens (including phenoxy) is 2. The number of carbonyl (C=O) groups excluding carboxylic acids is 1. The highest BCUT2D eigenvalue weighted by atomic mass is 79.9. The second-order valence-corrected chi connectivity index (χ2v) is 7.79. The van der Waals surface area contributed by atoms with E-state index >= 15 is 0 Å². The molecule has 0 amide bonds. The molecule has 0 fully saturated rings. The number of nitriles is 1. The number of hydrogen-bond donors (Lipinski definition) is 1. The van der Waals surface area contributed by atoms with E-state index in [4.69, 9.17) is 15.2 Å². The van der Waals surface area contributed by atoms with Crippen molar-refractivity contribution < 1.29 is 19.2 Å². The summed E-state index contributed by atoms with van der Waals surface area (Å²) in [4.78, 5) is 23.1. The number of rotatable bonds is 4. The second kappa shape index (κ2) is 8.53. The number of esters is 1. The maximum Gasteiger partial charge on any atom is 0.343 e. The summed E-state index contributed by atoms with van der Waals surface area (Å²) in [6, 6.07) is 19.4. The van der Waals surface area contributed by atoms with Gasteiger partial charge >= 0.3 is 5.97 Å². The third kappa shape index (κ3) is 4.04. The van der Waals surface area contributed by atoms with E-state index in [9.17, 15) is 20.2 Å². The number of halogens is 1. The van der Waals surface area contributed by atoms with Crippen molar-refractivity contribution in [2.45, 2.75) is 5.92 Å². The molecule has 8 nitrogen and oxygen atoms in total. The predicted molar refractivity (Wildman–Crippen MR) is 118 cm³/mol. The van der Waals surface area contributed by atoms with Gasteiger partial charge in [0.25, 0.3) is 5.69 Å². The van der Waals surface area contributed by atoms with Crippen molar-refractivity contribution in [1.29, 1.82) is 5.26 Å². The smallest absolute Gasteiger partial charge is 0.343 e. The zero-order valence-electron chi connectivity index (χ0n) is 16.3. The lowest BCUT2D eigenvalue weighted by Crippen LogP contribution is -2.21. The molecule has 158 valence electrons. The molecule has 0 spiro atoms. The number of nitro benzene ring substituents is 1. The summed E-state index contributed by atoms with van der Waals surface area (Å²) in [7, 11) is 0. The van der Waals surface area contributed by atoms with Crippen molar-refractivity contribution in [3.8, 4) is 17.6 Å². The molecule has 0 saturated carbocycles. The average molecular weight is 492 g/mol. The van der Waals surface area contributed by atoms with Crippen LogP contribution in [0.25, 0.3) is 0 Å². The molecule has 0 aliphatic carbocycles. The van der Waals surface area contributed by atoms with Gasteiger partial charge in [-0.25, -0.2) is 4.79 Å². The summed E-state index contributed by atoms with van der Waals surface area (Å²) in [6.07, 6.45) is 0. The topological polar surface area (TPSA) is 128 Å². The Hall–Kier alpha value is -4.16. The summed E-state index contributed by atoms with van der Waals surface area (Å²) < 4.78 is 11.9. The van der Waals surface area contributed by atoms with Crippen molar-refractivity contribution in [1.82, 2.24) is 0 Å². The minimum atomic E-state index is -0.667. The van der Waals surface area contributed by atoms with Crippen LogP contribution >= 0.6 is 15.9 Å². The van der Waals surface area contributed by atoms with Gasteiger partial charge in [0.2, 0.25) is 5.88 Å². The maximum atomic E-state index is 12.4. The number of nitrogens with zero attached hydrogens (tertiary/aromatic N) is 2. The Morgan fingerprint density at radius 1 is 1.16 bits per heavy atom. The van der Waals surface area contributed by atoms with E-state index in [2.05, 4.69) is 15.9 Å². The van der Waals surface area contributed by atoms with Crippen LogP contribution in [0.3, 0.4) is 0 Å². The van der Waals surface area contributed by atoms with Gasteiger partial charge in [0.05, 0.1) is 16.4 Å². The van der Waals surface area contributed by atoms with Crippen LogP contribution in [0.15, 0.2) is 82.7 Å². The molecule has 3 aromatic carbocycles. The van der Waals surface area contributed by atoms with Gasteiger partial charge in [-0.2, -0.15) is 5.26 Å². The Labute approximate surface area is 190 Å². The number of hydrogen-bond acceptors (Lipinski definition) is 7. The summed E-state index contributed by atoms with van der Waals surface area (Å²) in [5, 5.41) is 20.8. The van der Waals surface area contributed by atoms with Gasteiger partial charge in [-0.1, -0.05) is 34.1 Å². The maximum absolute atomic E-state index is 12.4. The Bertz CT molecular complexity index is 1310. The van der Waals surface area contributed by atoms with Crippen molar-refractivity contribution in [3.05, 3.63) is 109 Å². The van der Waals surface area contributed by atoms with E-state index in [1.54, 1.807) is 48.5 Å². The standard InChI is InChI=1S/C23H14BrN3O5/c24-15-6-4-13(5-7-15)23(28)31-17-8-9-18-20(11-17)32-22(26)19(12-25)21(18)14-2-1-3-16(10-14)27(29)30/h1-11,21H,26H2. The van der Waals surface area contributed by atoms with Crippen LogP contribution in [-0.4, -0.2) is 10.9 Å². The highest BCUT2D eigenvalue weighted by molar-refractivity contribution is 9.10. The fraction of sp³-hybridized carbons (Fsp3) is 0.0435. The Kier molecular flexibility index (Phi) is 5.62. The summed E-state index contributed by atoms with van der Waals surface area (Å²) in [5.41, 5.74) is 7.46. The molecule has 4 rings (SSSR count). The van der Waals surface area contributed by atoms with Crippen molar-refractivity contribution in [3.63, 3.8) is 0 Å². The summed E-state index contributed by atoms with van der Waals surface area (Å²) in [5.74, 6) is -0.820. The number of nitro groups is 1. The van der Waals surface area contributed by atoms with Crippen LogP contribution in [-0.2, 0) is 0 Å². The Morgan fingerprint density at radius 3 is 2.59 bits per heavy atom. The number of fused-ring (bicyclic) bond motifs is 1. The van der Waals surface area contributed by atoms with Crippen LogP contribution in [0.4, 0.5) is 5.69 Å². The third-order valence-corrected chi connectivity index (χ3v) is 5.42. The van der Waals surface area contributed by atoms with Gasteiger partial charge in [-0.3, -0.25) is 10.1 Å². The molecule has 2 N–H and O–H groups in total. The lowest BCUT2D eigenvalue weighted by Gasteiger charge is -2.26. The number of nitrogens with two attached hydrogens (primary N) is 1. The van der Waals surface area contributed by atoms with Crippen LogP contribution < -0.4 is 15.2 Å². The van der Waals surface area contributed by atoms with E-state index in [-0.39, 0.29) is 22.9 Å². The normalized spacial score (nSPS) is 14.7. The fourth-order valence-corrected chi connectivity index (χ4v) is 3.68. The Balaban J connectivity index is 1.71. The molecule has 0 saturated heterocycles. The first-order valence-electron chi connectivity index (χ1n) is 9.31. The van der Waals surface area contributed by atoms with E-state index < -0.39 is 16.8 Å². The molecule has 0 bridgehead atoms. The zero-order valence-corrected chi connectivity index (χ0v) is 17.9. The molecule has 0 radical (unpaired) electrons. The van der Waals surface area contributed by atoms with Crippen LogP contribution in [0.5, 0.6) is 11.5 Å². The molecular weight excluding hydrogens is 478 g/mol. The molecule has 0 aromatic heterocycles. The largest absolute Gasteiger partial charge is 0.440 e. The number of carbonyl (C=O) groups is 1. The predicted octanol–water partition coefficient (Wildman–Crippen LogP) is 4.79. The van der Waals surface area contributed by atoms with Gasteiger partial charge in [0.15, 0.2) is 0 Å². The molecule has 1 heterocycles. The van der Waals surface area contributed by atoms with Gasteiger partial charge in [0.1, 0.15) is 23.1 Å². The number of benzene rings is 3. The zero-order chi connectivity index (χ0) is 22.8. The van der Waals surface area contributed by atoms with E-state index in [0.29, 0.717) is 22.4 Å². The molecule has 1 atom stereocenters. The average Bonchev–Trinajstić information content (AvgIpc) is 2.78. The SMILES string of the molecule is N#CC1=C(N)Oc2cc(OC(=O)c3ccc(Br)cc3)ccc2C1c1cccc([N+](=O)[O-])c1. The number of non-ortho nitro benzene ring substituents is 1. The summed E-state index contributed by atoms with van der Waals surface area (Å²) in [6.45, 7) is 0. The fourth-order valence-electron chi connectivity index (χ4n) is 3.41. The van der Waals surface area contributed by atoms with Crippen molar-refractivity contribution in [2.75, 3.05) is 0 Å². The van der Waals surface area contributed by atoms with Crippen LogP contribution in [0.1, 0.15) is 27.4 Å². The molecule has 9 heteroatoms. The van der Waals surface area contributed by atoms with Gasteiger partial charge < -0.3 is 15.2 Å². The molecule has 1 aliphatic rings. The first kappa shape index (κ1) is 21.1. The van der Waals surface area contributed by atoms with E-state index in [1.807, 2.05) is 6.07 Å². The van der Waals surface area contributed by atoms with Gasteiger partial charge in [-0.15, -0.1) is 0 Å². The first-order chi connectivity index (χ1) is 15.4. The quantitative estimate of drug-likeness (QED) is 0.240. The van der Waals surface area contributed by atoms with Crippen molar-refractivity contribution in [2.24, 2.45) is 5.73 Å². The third-order valence-electron chi connectivity index (χ3n) is 4.90. The minimum absolute atomic E-state index is 0.105. The van der Waals surface area contributed by atoms with Crippen molar-refractivity contribution >= 4 is 27.6 Å². The molecular formula is C23H14BrN3O5. The molecule has 3 aromatic rings. The van der Waals surface area contributed by atoms with Crippen LogP contribution in [0, 0.1) is 21.4 Å². The second-order valence-electron chi connectivity index (χ2n) is 6.87. The lowest BCUT2D eigenvalue weighted by atomic mass is 9.83. The monoisotopic (exact) mass is 491 g/mol. The highest BCUT2D eigenvalue weighted by Crippen LogP contribution is 2.44. The molecule has 1 aliphatic heterocycles. The minimum Gasteiger partial charge on any atom is -0.440 e. The van der Waals surface area contributed by atoms with E-state index in [0.717, 1.165) is 4.47 Å². The van der Waals surface area contributed by atoms with Crippen LogP contribution in [0.2, 0.25) is 0 Å². The van der Waals surface area contributed by atoms with E-state index in [1.165, 1.54) is 18.2 Å². The van der Waals surface area contributed by atoms with Gasteiger partial charge in [0, 0.05) is 28.2 Å². The lowest BCUT2D eigenvalue weighted by molar-refractivity contribution is -0.384. The van der Waals surface area contributed by atoms with Gasteiger partial charge in [-0.05, 0) is 35.9 Å². The summed E-state index contributed by atoms with van der Waals surface area (Å²) >= 11 is 3.31.